The van der Waals surface area contributed by atoms with E-state index in [0.717, 1.165) is 17.7 Å². The molecule has 2 aromatic carbocycles. The molecule has 2 atom stereocenters. The Balaban J connectivity index is 1.60. The molecule has 0 aromatic heterocycles. The Labute approximate surface area is 170 Å². The molecule has 1 N–H and O–H groups in total. The Bertz CT molecular complexity index is 971. The Hall–Kier alpha value is -3.15. The van der Waals surface area contributed by atoms with Crippen LogP contribution >= 0.6 is 0 Å². The Morgan fingerprint density at radius 3 is 2.55 bits per heavy atom. The summed E-state index contributed by atoms with van der Waals surface area (Å²) in [5.41, 5.74) is 3.32. The number of carbonyl (C=O) groups excluding carboxylic acids is 3. The van der Waals surface area contributed by atoms with Crippen molar-refractivity contribution in [2.75, 3.05) is 28.2 Å². The first kappa shape index (κ1) is 19.2. The van der Waals surface area contributed by atoms with E-state index in [-0.39, 0.29) is 30.7 Å². The molecule has 2 heterocycles. The highest BCUT2D eigenvalue weighted by Crippen LogP contribution is 2.36. The van der Waals surface area contributed by atoms with Gasteiger partial charge in [0.2, 0.25) is 17.7 Å². The van der Waals surface area contributed by atoms with Gasteiger partial charge in [0, 0.05) is 18.7 Å². The first-order valence-electron chi connectivity index (χ1n) is 10.1. The predicted octanol–water partition coefficient (Wildman–Crippen LogP) is 3.54. The van der Waals surface area contributed by atoms with Crippen molar-refractivity contribution >= 4 is 34.8 Å². The van der Waals surface area contributed by atoms with Crippen molar-refractivity contribution in [1.29, 1.82) is 0 Å². The second-order valence-corrected chi connectivity index (χ2v) is 7.76. The van der Waals surface area contributed by atoms with Crippen molar-refractivity contribution in [3.05, 3.63) is 54.1 Å². The smallest absolute Gasteiger partial charge is 0.244 e. The van der Waals surface area contributed by atoms with Crippen LogP contribution in [0.3, 0.4) is 0 Å². The summed E-state index contributed by atoms with van der Waals surface area (Å²) in [7, 11) is 0. The molecule has 150 valence electrons. The number of anilines is 3. The molecule has 6 heteroatoms. The second-order valence-electron chi connectivity index (χ2n) is 7.76. The molecule has 6 nitrogen and oxygen atoms in total. The maximum atomic E-state index is 13.3. The van der Waals surface area contributed by atoms with Crippen molar-refractivity contribution in [3.8, 4) is 0 Å². The molecular formula is C23H25N3O3. The summed E-state index contributed by atoms with van der Waals surface area (Å²) in [6.07, 6.45) is 1.13. The third-order valence-electron chi connectivity index (χ3n) is 5.88. The molecule has 0 spiro atoms. The van der Waals surface area contributed by atoms with Gasteiger partial charge >= 0.3 is 0 Å². The average Bonchev–Trinajstić information content (AvgIpc) is 3.13. The minimum Gasteiger partial charge on any atom is -0.323 e. The summed E-state index contributed by atoms with van der Waals surface area (Å²) in [4.78, 5) is 41.4. The highest BCUT2D eigenvalue weighted by molar-refractivity contribution is 6.12. The van der Waals surface area contributed by atoms with Crippen LogP contribution in [0.25, 0.3) is 0 Å². The third kappa shape index (κ3) is 3.50. The van der Waals surface area contributed by atoms with Gasteiger partial charge in [-0.25, -0.2) is 0 Å². The summed E-state index contributed by atoms with van der Waals surface area (Å²) >= 11 is 0. The highest BCUT2D eigenvalue weighted by atomic mass is 16.2. The van der Waals surface area contributed by atoms with Gasteiger partial charge in [0.15, 0.2) is 0 Å². The van der Waals surface area contributed by atoms with Crippen molar-refractivity contribution < 1.29 is 14.4 Å². The molecule has 3 amide bonds. The standard InChI is InChI=1S/C23H25N3O3/c1-3-15(2)17-8-4-6-10-19(17)25-13-16(12-22(25)28)23(29)26-14-21(27)24-18-9-5-7-11-20(18)26/h4-11,15-16H,3,12-14H2,1-2H3,(H,24,27). The zero-order chi connectivity index (χ0) is 20.5. The van der Waals surface area contributed by atoms with Crippen LogP contribution in [0.2, 0.25) is 0 Å². The topological polar surface area (TPSA) is 69.7 Å². The van der Waals surface area contributed by atoms with Gasteiger partial charge in [-0.05, 0) is 36.1 Å². The molecule has 29 heavy (non-hydrogen) atoms. The van der Waals surface area contributed by atoms with Crippen LogP contribution in [0, 0.1) is 5.92 Å². The number of hydrogen-bond acceptors (Lipinski definition) is 3. The van der Waals surface area contributed by atoms with Crippen LogP contribution in [0.15, 0.2) is 48.5 Å². The van der Waals surface area contributed by atoms with Gasteiger partial charge in [-0.3, -0.25) is 14.4 Å². The minimum atomic E-state index is -0.466. The summed E-state index contributed by atoms with van der Waals surface area (Å²) in [6, 6.07) is 15.2. The Morgan fingerprint density at radius 1 is 1.10 bits per heavy atom. The molecule has 0 saturated carbocycles. The lowest BCUT2D eigenvalue weighted by atomic mass is 9.96. The molecule has 0 radical (unpaired) electrons. The number of carbonyl (C=O) groups is 3. The number of nitrogens with one attached hydrogen (secondary N) is 1. The molecule has 1 saturated heterocycles. The van der Waals surface area contributed by atoms with E-state index in [9.17, 15) is 14.4 Å². The number of para-hydroxylation sites is 3. The molecule has 2 aromatic rings. The predicted molar refractivity (Wildman–Crippen MR) is 113 cm³/mol. The Morgan fingerprint density at radius 2 is 1.79 bits per heavy atom. The molecular weight excluding hydrogens is 366 g/mol. The summed E-state index contributed by atoms with van der Waals surface area (Å²) in [6.45, 7) is 4.58. The normalized spacial score (nSPS) is 19.7. The molecule has 2 unspecified atom stereocenters. The van der Waals surface area contributed by atoms with Crippen molar-refractivity contribution in [3.63, 3.8) is 0 Å². The molecule has 0 bridgehead atoms. The van der Waals surface area contributed by atoms with Crippen LogP contribution < -0.4 is 15.1 Å². The average molecular weight is 391 g/mol. The number of amides is 3. The molecule has 0 aliphatic carbocycles. The van der Waals surface area contributed by atoms with E-state index in [4.69, 9.17) is 0 Å². The van der Waals surface area contributed by atoms with Gasteiger partial charge in [-0.2, -0.15) is 0 Å². The van der Waals surface area contributed by atoms with E-state index >= 15 is 0 Å². The number of rotatable bonds is 4. The largest absolute Gasteiger partial charge is 0.323 e. The fourth-order valence-electron chi connectivity index (χ4n) is 4.13. The van der Waals surface area contributed by atoms with Crippen LogP contribution in [-0.4, -0.2) is 30.8 Å². The van der Waals surface area contributed by atoms with Gasteiger partial charge in [0.05, 0.1) is 17.3 Å². The van der Waals surface area contributed by atoms with E-state index < -0.39 is 5.92 Å². The first-order chi connectivity index (χ1) is 14.0. The molecule has 4 rings (SSSR count). The van der Waals surface area contributed by atoms with Gasteiger partial charge in [-0.1, -0.05) is 44.2 Å². The van der Waals surface area contributed by atoms with E-state index in [1.165, 1.54) is 4.90 Å². The summed E-state index contributed by atoms with van der Waals surface area (Å²) < 4.78 is 0. The van der Waals surface area contributed by atoms with Gasteiger partial charge in [-0.15, -0.1) is 0 Å². The first-order valence-corrected chi connectivity index (χ1v) is 10.1. The number of hydrogen-bond donors (Lipinski definition) is 1. The zero-order valence-electron chi connectivity index (χ0n) is 16.7. The van der Waals surface area contributed by atoms with Crippen LogP contribution in [-0.2, 0) is 14.4 Å². The van der Waals surface area contributed by atoms with Crippen LogP contribution in [0.4, 0.5) is 17.1 Å². The summed E-state index contributed by atoms with van der Waals surface area (Å²) in [5, 5.41) is 2.79. The Kier molecular flexibility index (Phi) is 5.09. The van der Waals surface area contributed by atoms with Gasteiger partial charge < -0.3 is 15.1 Å². The van der Waals surface area contributed by atoms with Gasteiger partial charge in [0.1, 0.15) is 6.54 Å². The van der Waals surface area contributed by atoms with Crippen molar-refractivity contribution in [2.45, 2.75) is 32.6 Å². The van der Waals surface area contributed by atoms with Crippen molar-refractivity contribution in [1.82, 2.24) is 0 Å². The lowest BCUT2D eigenvalue weighted by Crippen LogP contribution is -2.45. The third-order valence-corrected chi connectivity index (χ3v) is 5.88. The lowest BCUT2D eigenvalue weighted by Gasteiger charge is -2.31. The highest BCUT2D eigenvalue weighted by Gasteiger charge is 2.40. The van der Waals surface area contributed by atoms with E-state index in [0.29, 0.717) is 23.8 Å². The number of nitrogens with zero attached hydrogens (tertiary/aromatic N) is 2. The van der Waals surface area contributed by atoms with E-state index in [1.54, 1.807) is 11.0 Å². The minimum absolute atomic E-state index is 0.0238. The zero-order valence-corrected chi connectivity index (χ0v) is 16.7. The molecule has 2 aliphatic rings. The van der Waals surface area contributed by atoms with Crippen molar-refractivity contribution in [2.24, 2.45) is 5.92 Å². The molecule has 2 aliphatic heterocycles. The van der Waals surface area contributed by atoms with Crippen LogP contribution in [0.5, 0.6) is 0 Å². The van der Waals surface area contributed by atoms with Crippen LogP contribution in [0.1, 0.15) is 38.2 Å². The van der Waals surface area contributed by atoms with Gasteiger partial charge in [0.25, 0.3) is 0 Å². The second kappa shape index (κ2) is 7.70. The number of benzene rings is 2. The fraction of sp³-hybridized carbons (Fsp3) is 0.348. The maximum absolute atomic E-state index is 13.3. The maximum Gasteiger partial charge on any atom is 0.244 e. The quantitative estimate of drug-likeness (QED) is 0.867. The lowest BCUT2D eigenvalue weighted by molar-refractivity contribution is -0.125. The number of fused-ring (bicyclic) bond motifs is 1. The van der Waals surface area contributed by atoms with E-state index in [2.05, 4.69) is 25.2 Å². The molecule has 1 fully saturated rings. The summed E-state index contributed by atoms with van der Waals surface area (Å²) in [5.74, 6) is -0.587. The fourth-order valence-corrected chi connectivity index (χ4v) is 4.13. The monoisotopic (exact) mass is 391 g/mol. The van der Waals surface area contributed by atoms with E-state index in [1.807, 2.05) is 36.4 Å². The SMILES string of the molecule is CCC(C)c1ccccc1N1CC(C(=O)N2CC(=O)Nc3ccccc32)CC1=O.